The number of nitrogens with zero attached hydrogens (tertiary/aromatic N) is 2. The molecule has 0 unspecified atom stereocenters. The molecule has 0 saturated carbocycles. The summed E-state index contributed by atoms with van der Waals surface area (Å²) < 4.78 is 0. The molecule has 1 rings (SSSR count). The van der Waals surface area contributed by atoms with E-state index >= 15 is 0 Å². The Morgan fingerprint density at radius 2 is 2.26 bits per heavy atom. The van der Waals surface area contributed by atoms with Gasteiger partial charge < -0.3 is 16.4 Å². The number of nitrogens with two attached hydrogens (primary N) is 1. The van der Waals surface area contributed by atoms with Crippen LogP contribution in [0.1, 0.15) is 24.2 Å². The number of halogens is 1. The zero-order valence-corrected chi connectivity index (χ0v) is 13.4. The molecule has 0 aromatic carbocycles. The van der Waals surface area contributed by atoms with E-state index in [9.17, 15) is 4.79 Å². The summed E-state index contributed by atoms with van der Waals surface area (Å²) in [5.41, 5.74) is 6.16. The fourth-order valence-corrected chi connectivity index (χ4v) is 1.29. The van der Waals surface area contributed by atoms with E-state index in [-0.39, 0.29) is 35.9 Å². The predicted molar refractivity (Wildman–Crippen MR) is 86.7 cm³/mol. The summed E-state index contributed by atoms with van der Waals surface area (Å²) in [6.07, 6.45) is 3.15. The van der Waals surface area contributed by atoms with Gasteiger partial charge in [0, 0.05) is 25.0 Å². The number of amides is 1. The molecule has 0 spiro atoms. The van der Waals surface area contributed by atoms with Crippen LogP contribution in [0.25, 0.3) is 0 Å². The van der Waals surface area contributed by atoms with Crippen LogP contribution in [0.2, 0.25) is 0 Å². The normalized spacial score (nSPS) is 10.8. The van der Waals surface area contributed by atoms with Crippen LogP contribution in [0.3, 0.4) is 0 Å². The van der Waals surface area contributed by atoms with Gasteiger partial charge in [-0.05, 0) is 26.0 Å². The molecule has 0 aliphatic heterocycles. The van der Waals surface area contributed by atoms with E-state index in [0.717, 1.165) is 0 Å². The molecular weight excluding hydrogens is 357 g/mol. The molecule has 0 atom stereocenters. The first-order valence-electron chi connectivity index (χ1n) is 5.84. The van der Waals surface area contributed by atoms with Crippen molar-refractivity contribution in [3.63, 3.8) is 0 Å². The number of guanidine groups is 1. The highest BCUT2D eigenvalue weighted by atomic mass is 127. The molecule has 1 heterocycles. The number of aromatic nitrogens is 1. The summed E-state index contributed by atoms with van der Waals surface area (Å²) >= 11 is 0. The molecular formula is C12H20IN5O. The van der Waals surface area contributed by atoms with Crippen molar-refractivity contribution in [2.24, 2.45) is 10.7 Å². The Morgan fingerprint density at radius 1 is 1.53 bits per heavy atom. The summed E-state index contributed by atoms with van der Waals surface area (Å²) in [7, 11) is 0. The highest BCUT2D eigenvalue weighted by molar-refractivity contribution is 14.0. The van der Waals surface area contributed by atoms with E-state index in [1.54, 1.807) is 18.3 Å². The highest BCUT2D eigenvalue weighted by Gasteiger charge is 2.03. The van der Waals surface area contributed by atoms with Crippen molar-refractivity contribution in [2.75, 3.05) is 13.1 Å². The van der Waals surface area contributed by atoms with Gasteiger partial charge in [-0.15, -0.1) is 24.0 Å². The fraction of sp³-hybridized carbons (Fsp3) is 0.417. The molecule has 1 aromatic rings. The summed E-state index contributed by atoms with van der Waals surface area (Å²) in [5.74, 6) is 0.231. The summed E-state index contributed by atoms with van der Waals surface area (Å²) in [4.78, 5) is 19.6. The smallest absolute Gasteiger partial charge is 0.252 e. The second-order valence-corrected chi connectivity index (χ2v) is 4.06. The van der Waals surface area contributed by atoms with Crippen LogP contribution < -0.4 is 16.4 Å². The van der Waals surface area contributed by atoms with Gasteiger partial charge in [-0.25, -0.2) is 0 Å². The van der Waals surface area contributed by atoms with E-state index in [1.165, 1.54) is 6.20 Å². The first kappa shape index (κ1) is 17.6. The number of nitrogens with one attached hydrogen (secondary N) is 2. The minimum absolute atomic E-state index is 0. The van der Waals surface area contributed by atoms with Gasteiger partial charge >= 0.3 is 0 Å². The maximum Gasteiger partial charge on any atom is 0.252 e. The van der Waals surface area contributed by atoms with Crippen molar-refractivity contribution in [2.45, 2.75) is 19.9 Å². The molecule has 0 bridgehead atoms. The Kier molecular flexibility index (Phi) is 8.84. The fourth-order valence-electron chi connectivity index (χ4n) is 1.29. The first-order valence-corrected chi connectivity index (χ1v) is 5.84. The summed E-state index contributed by atoms with van der Waals surface area (Å²) in [6.45, 7) is 4.84. The van der Waals surface area contributed by atoms with Crippen molar-refractivity contribution in [3.8, 4) is 0 Å². The van der Waals surface area contributed by atoms with Crippen molar-refractivity contribution in [1.82, 2.24) is 15.6 Å². The second kappa shape index (κ2) is 9.54. The third-order valence-electron chi connectivity index (χ3n) is 2.04. The number of carbonyl (C=O) groups excluding carboxylic acids is 1. The van der Waals surface area contributed by atoms with Crippen molar-refractivity contribution >= 4 is 35.8 Å². The third kappa shape index (κ3) is 7.60. The number of pyridine rings is 1. The molecule has 0 aliphatic rings. The van der Waals surface area contributed by atoms with Crippen LogP contribution in [0.4, 0.5) is 0 Å². The second-order valence-electron chi connectivity index (χ2n) is 4.06. The zero-order chi connectivity index (χ0) is 13.4. The van der Waals surface area contributed by atoms with Crippen LogP contribution >= 0.6 is 24.0 Å². The zero-order valence-electron chi connectivity index (χ0n) is 11.1. The van der Waals surface area contributed by atoms with Crippen molar-refractivity contribution < 1.29 is 4.79 Å². The maximum atomic E-state index is 11.6. The van der Waals surface area contributed by atoms with Crippen LogP contribution in [0, 0.1) is 0 Å². The number of rotatable bonds is 5. The minimum atomic E-state index is -0.159. The monoisotopic (exact) mass is 377 g/mol. The lowest BCUT2D eigenvalue weighted by Gasteiger charge is -2.08. The van der Waals surface area contributed by atoms with Gasteiger partial charge in [-0.2, -0.15) is 0 Å². The first-order chi connectivity index (χ1) is 8.59. The van der Waals surface area contributed by atoms with Gasteiger partial charge in [-0.1, -0.05) is 0 Å². The molecule has 1 amide bonds. The molecule has 4 N–H and O–H groups in total. The molecule has 1 aromatic heterocycles. The number of hydrogen-bond donors (Lipinski definition) is 3. The third-order valence-corrected chi connectivity index (χ3v) is 2.04. The van der Waals surface area contributed by atoms with E-state index in [1.807, 2.05) is 13.8 Å². The standard InChI is InChI=1S/C12H19N5O.HI/c1-9(2)17-12(13)16-7-6-15-11(18)10-4-3-5-14-8-10;/h3-5,8-9H,6-7H2,1-2H3,(H,15,18)(H3,13,16,17);1H. The van der Waals surface area contributed by atoms with E-state index in [0.29, 0.717) is 24.6 Å². The van der Waals surface area contributed by atoms with Crippen molar-refractivity contribution in [1.29, 1.82) is 0 Å². The minimum Gasteiger partial charge on any atom is -0.370 e. The Hall–Kier alpha value is -1.38. The Bertz CT molecular complexity index is 408. The van der Waals surface area contributed by atoms with Gasteiger partial charge in [0.25, 0.3) is 5.91 Å². The van der Waals surface area contributed by atoms with Crippen LogP contribution in [0.5, 0.6) is 0 Å². The quantitative estimate of drug-likeness (QED) is 0.306. The lowest BCUT2D eigenvalue weighted by atomic mass is 10.3. The van der Waals surface area contributed by atoms with Gasteiger partial charge in [0.15, 0.2) is 5.96 Å². The lowest BCUT2D eigenvalue weighted by molar-refractivity contribution is 0.0954. The Balaban J connectivity index is 0.00000324. The molecule has 6 nitrogen and oxygen atoms in total. The van der Waals surface area contributed by atoms with Crippen LogP contribution in [-0.4, -0.2) is 36.0 Å². The summed E-state index contributed by atoms with van der Waals surface area (Å²) in [6, 6.07) is 3.68. The van der Waals surface area contributed by atoms with E-state index in [2.05, 4.69) is 20.6 Å². The lowest BCUT2D eigenvalue weighted by Crippen LogP contribution is -2.37. The predicted octanol–water partition coefficient (Wildman–Crippen LogP) is 0.742. The number of aliphatic imine (C=N–C) groups is 1. The number of hydrogen-bond acceptors (Lipinski definition) is 3. The van der Waals surface area contributed by atoms with Gasteiger partial charge in [0.1, 0.15) is 0 Å². The molecule has 19 heavy (non-hydrogen) atoms. The molecule has 0 fully saturated rings. The average molecular weight is 377 g/mol. The van der Waals surface area contributed by atoms with Crippen LogP contribution in [-0.2, 0) is 0 Å². The largest absolute Gasteiger partial charge is 0.370 e. The van der Waals surface area contributed by atoms with Gasteiger partial charge in [0.05, 0.1) is 12.1 Å². The Labute approximate surface area is 130 Å². The molecule has 106 valence electrons. The average Bonchev–Trinajstić information content (AvgIpc) is 2.34. The molecule has 7 heteroatoms. The molecule has 0 saturated heterocycles. The van der Waals surface area contributed by atoms with Crippen molar-refractivity contribution in [3.05, 3.63) is 30.1 Å². The maximum absolute atomic E-state index is 11.6. The SMILES string of the molecule is CC(C)NC(N)=NCCNC(=O)c1cccnc1.I. The molecule has 0 aliphatic carbocycles. The van der Waals surface area contributed by atoms with E-state index in [4.69, 9.17) is 5.73 Å². The van der Waals surface area contributed by atoms with Crippen LogP contribution in [0.15, 0.2) is 29.5 Å². The topological polar surface area (TPSA) is 92.4 Å². The number of carbonyl (C=O) groups is 1. The summed E-state index contributed by atoms with van der Waals surface area (Å²) in [5, 5.41) is 5.71. The van der Waals surface area contributed by atoms with E-state index < -0.39 is 0 Å². The Morgan fingerprint density at radius 3 is 2.84 bits per heavy atom. The molecule has 0 radical (unpaired) electrons. The van der Waals surface area contributed by atoms with Gasteiger partial charge in [0.2, 0.25) is 0 Å². The highest BCUT2D eigenvalue weighted by Crippen LogP contribution is 1.94. The van der Waals surface area contributed by atoms with Gasteiger partial charge in [-0.3, -0.25) is 14.8 Å².